The molecule has 1 aromatic carbocycles. The Morgan fingerprint density at radius 1 is 1.20 bits per heavy atom. The van der Waals surface area contributed by atoms with E-state index in [1.165, 1.54) is 0 Å². The van der Waals surface area contributed by atoms with Gasteiger partial charge in [-0.25, -0.2) is 4.98 Å². The maximum absolute atomic E-state index is 12.3. The van der Waals surface area contributed by atoms with Crippen molar-refractivity contribution in [1.29, 1.82) is 0 Å². The molecule has 156 valence electrons. The molecule has 0 saturated heterocycles. The van der Waals surface area contributed by atoms with Gasteiger partial charge in [0.2, 0.25) is 0 Å². The molecule has 30 heavy (non-hydrogen) atoms. The first kappa shape index (κ1) is 23.1. The second kappa shape index (κ2) is 11.1. The molecule has 3 aromatic rings. The fraction of sp³-hybridized carbons (Fsp3) is 0.130. The fourth-order valence-corrected chi connectivity index (χ4v) is 2.77. The van der Waals surface area contributed by atoms with Crippen LogP contribution in [0.15, 0.2) is 80.2 Å². The Bertz CT molecular complexity index is 996. The number of hydrogen-bond donors (Lipinski definition) is 4. The van der Waals surface area contributed by atoms with Gasteiger partial charge in [-0.3, -0.25) is 4.79 Å². The summed E-state index contributed by atoms with van der Waals surface area (Å²) in [6, 6.07) is 12.0. The van der Waals surface area contributed by atoms with Gasteiger partial charge in [0.05, 0.1) is 0 Å². The van der Waals surface area contributed by atoms with Crippen LogP contribution in [0.3, 0.4) is 0 Å². The molecule has 7 heteroatoms. The van der Waals surface area contributed by atoms with Crippen LogP contribution in [-0.4, -0.2) is 32.3 Å². The van der Waals surface area contributed by atoms with Gasteiger partial charge >= 0.3 is 0 Å². The van der Waals surface area contributed by atoms with Crippen LogP contribution in [0.2, 0.25) is 5.15 Å². The zero-order valence-corrected chi connectivity index (χ0v) is 17.3. The Hall–Kier alpha value is -3.19. The lowest BCUT2D eigenvalue weighted by atomic mass is 10.1. The van der Waals surface area contributed by atoms with Crippen LogP contribution in [-0.2, 0) is 0 Å². The van der Waals surface area contributed by atoms with Gasteiger partial charge in [0, 0.05) is 18.0 Å². The highest BCUT2D eigenvalue weighted by atomic mass is 35.5. The van der Waals surface area contributed by atoms with Gasteiger partial charge in [-0.15, -0.1) is 0 Å². The maximum Gasteiger partial charge on any atom is 0.269 e. The van der Waals surface area contributed by atoms with Gasteiger partial charge in [-0.1, -0.05) is 67.2 Å². The minimum absolute atomic E-state index is 0.256. The molecule has 0 radical (unpaired) electrons. The fourth-order valence-electron chi connectivity index (χ4n) is 2.61. The number of aryl methyl sites for hydroxylation is 1. The summed E-state index contributed by atoms with van der Waals surface area (Å²) >= 11 is 5.94. The number of amides is 1. The first-order valence-corrected chi connectivity index (χ1v) is 9.51. The number of rotatable bonds is 6. The summed E-state index contributed by atoms with van der Waals surface area (Å²) in [5, 5.41) is 23.0. The molecule has 0 saturated carbocycles. The molecule has 3 rings (SSSR count). The number of aromatic amines is 1. The van der Waals surface area contributed by atoms with Crippen LogP contribution in [0.5, 0.6) is 0 Å². The molecule has 0 aliphatic carbocycles. The number of nitrogens with zero attached hydrogens (tertiary/aromatic N) is 1. The largest absolute Gasteiger partial charge is 0.384 e. The Labute approximate surface area is 180 Å². The topological polar surface area (TPSA) is 98.2 Å². The predicted molar refractivity (Wildman–Crippen MR) is 119 cm³/mol. The lowest BCUT2D eigenvalue weighted by Gasteiger charge is -2.19. The number of H-pyrrole nitrogens is 1. The van der Waals surface area contributed by atoms with Gasteiger partial charge < -0.3 is 20.5 Å². The summed E-state index contributed by atoms with van der Waals surface area (Å²) < 4.78 is 0. The number of carbonyl (C=O) groups excluding carboxylic acids is 1. The number of nitrogens with one attached hydrogen (secondary N) is 2. The van der Waals surface area contributed by atoms with Crippen molar-refractivity contribution in [3.05, 3.63) is 102 Å². The number of allylic oxidation sites excluding steroid dienone is 2. The van der Waals surface area contributed by atoms with Gasteiger partial charge in [0.25, 0.3) is 5.91 Å². The molecule has 4 N–H and O–H groups in total. The van der Waals surface area contributed by atoms with E-state index < -0.39 is 18.2 Å². The van der Waals surface area contributed by atoms with Gasteiger partial charge in [0.15, 0.2) is 6.23 Å². The van der Waals surface area contributed by atoms with Crippen molar-refractivity contribution in [3.63, 3.8) is 0 Å². The second-order valence-electron chi connectivity index (χ2n) is 6.37. The van der Waals surface area contributed by atoms with Crippen molar-refractivity contribution in [2.75, 3.05) is 0 Å². The number of carbonyl (C=O) groups is 1. The van der Waals surface area contributed by atoms with Crippen molar-refractivity contribution in [2.45, 2.75) is 19.3 Å². The van der Waals surface area contributed by atoms with Gasteiger partial charge in [-0.05, 0) is 35.7 Å². The number of halogens is 1. The summed E-state index contributed by atoms with van der Waals surface area (Å²) in [4.78, 5) is 19.2. The van der Waals surface area contributed by atoms with Crippen LogP contribution >= 0.6 is 11.6 Å². The van der Waals surface area contributed by atoms with Crippen LogP contribution in [0.25, 0.3) is 11.1 Å². The summed E-state index contributed by atoms with van der Waals surface area (Å²) in [5.74, 6) is -0.531. The number of benzene rings is 1. The molecule has 0 aliphatic rings. The third-order valence-electron chi connectivity index (χ3n) is 4.19. The van der Waals surface area contributed by atoms with Crippen LogP contribution in [0, 0.1) is 6.92 Å². The highest BCUT2D eigenvalue weighted by Gasteiger charge is 2.21. The number of aliphatic hydroxyl groups is 2. The summed E-state index contributed by atoms with van der Waals surface area (Å²) in [5.41, 5.74) is 3.31. The Kier molecular flexibility index (Phi) is 8.55. The summed E-state index contributed by atoms with van der Waals surface area (Å²) in [7, 11) is 0. The normalized spacial score (nSPS) is 12.1. The average Bonchev–Trinajstić information content (AvgIpc) is 3.26. The molecule has 0 aliphatic heterocycles. The highest BCUT2D eigenvalue weighted by Crippen LogP contribution is 2.26. The van der Waals surface area contributed by atoms with Crippen molar-refractivity contribution in [2.24, 2.45) is 0 Å². The number of aromatic nitrogens is 2. The van der Waals surface area contributed by atoms with Crippen molar-refractivity contribution >= 4 is 17.5 Å². The Balaban J connectivity index is 0.000000735. The molecule has 0 bridgehead atoms. The Morgan fingerprint density at radius 2 is 1.87 bits per heavy atom. The van der Waals surface area contributed by atoms with E-state index in [1.807, 2.05) is 6.92 Å². The molecule has 2 aromatic heterocycles. The quantitative estimate of drug-likeness (QED) is 0.270. The average molecular weight is 426 g/mol. The van der Waals surface area contributed by atoms with Crippen LogP contribution in [0.1, 0.15) is 27.7 Å². The zero-order valence-electron chi connectivity index (χ0n) is 16.5. The number of pyridine rings is 1. The molecule has 0 spiro atoms. The molecule has 0 fully saturated rings. The van der Waals surface area contributed by atoms with Crippen LogP contribution in [0.4, 0.5) is 0 Å². The molecule has 6 nitrogen and oxygen atoms in total. The smallest absolute Gasteiger partial charge is 0.269 e. The standard InChI is InChI=1S/C19H18ClN3O3.C4H6/c1-11-9-22-16(20)8-14(11)13-7-15(21-10-13)18(25)23-19(26)17(24)12-5-3-2-4-6-12;1-3-4-2/h2-10,17,19,21,24,26H,1H3,(H,23,25);3-4H,1-2H2. The summed E-state index contributed by atoms with van der Waals surface area (Å²) in [6.07, 6.45) is 3.95. The third kappa shape index (κ3) is 6.15. The van der Waals surface area contributed by atoms with Gasteiger partial charge in [0.1, 0.15) is 17.0 Å². The van der Waals surface area contributed by atoms with E-state index in [4.69, 9.17) is 11.6 Å². The SMILES string of the molecule is C=CC=C.Cc1cnc(Cl)cc1-c1c[nH]c(C(=O)NC(O)C(O)c2ccccc2)c1. The molecular formula is C23H24ClN3O3. The van der Waals surface area contributed by atoms with E-state index in [0.29, 0.717) is 10.7 Å². The van der Waals surface area contributed by atoms with Gasteiger partial charge in [-0.2, -0.15) is 0 Å². The van der Waals surface area contributed by atoms with E-state index in [-0.39, 0.29) is 5.69 Å². The lowest BCUT2D eigenvalue weighted by molar-refractivity contribution is -0.000953. The predicted octanol–water partition coefficient (Wildman–Crippen LogP) is 4.18. The third-order valence-corrected chi connectivity index (χ3v) is 4.40. The van der Waals surface area contributed by atoms with E-state index in [9.17, 15) is 15.0 Å². The summed E-state index contributed by atoms with van der Waals surface area (Å²) in [6.45, 7) is 8.62. The van der Waals surface area contributed by atoms with E-state index in [1.54, 1.807) is 67.0 Å². The second-order valence-corrected chi connectivity index (χ2v) is 6.76. The van der Waals surface area contributed by atoms with E-state index in [2.05, 4.69) is 28.4 Å². The van der Waals surface area contributed by atoms with E-state index in [0.717, 1.165) is 16.7 Å². The van der Waals surface area contributed by atoms with Crippen LogP contribution < -0.4 is 5.32 Å². The zero-order chi connectivity index (χ0) is 22.1. The van der Waals surface area contributed by atoms with Crippen molar-refractivity contribution < 1.29 is 15.0 Å². The molecule has 2 unspecified atom stereocenters. The van der Waals surface area contributed by atoms with E-state index >= 15 is 0 Å². The minimum Gasteiger partial charge on any atom is -0.384 e. The lowest BCUT2D eigenvalue weighted by Crippen LogP contribution is -2.39. The maximum atomic E-state index is 12.3. The molecule has 1 amide bonds. The first-order chi connectivity index (χ1) is 14.4. The minimum atomic E-state index is -1.44. The highest BCUT2D eigenvalue weighted by molar-refractivity contribution is 6.29. The number of hydrogen-bond acceptors (Lipinski definition) is 4. The van der Waals surface area contributed by atoms with Crippen molar-refractivity contribution in [3.8, 4) is 11.1 Å². The molecule has 2 heterocycles. The number of aliphatic hydroxyl groups excluding tert-OH is 2. The molecular weight excluding hydrogens is 402 g/mol. The monoisotopic (exact) mass is 425 g/mol. The molecule has 2 atom stereocenters. The van der Waals surface area contributed by atoms with Crippen molar-refractivity contribution in [1.82, 2.24) is 15.3 Å². The first-order valence-electron chi connectivity index (χ1n) is 9.13. The Morgan fingerprint density at radius 3 is 2.50 bits per heavy atom.